The number of halogens is 8. The number of benzene rings is 6. The van der Waals surface area contributed by atoms with Crippen LogP contribution in [0.1, 0.15) is 154 Å². The van der Waals surface area contributed by atoms with Gasteiger partial charge in [-0.2, -0.15) is 36.3 Å². The summed E-state index contributed by atoms with van der Waals surface area (Å²) in [5.74, 6) is -10.4. The number of aromatic nitrogens is 4. The van der Waals surface area contributed by atoms with Crippen molar-refractivity contribution < 1.29 is 88.6 Å². The fourth-order valence-corrected chi connectivity index (χ4v) is 10.9. The molecule has 12 nitrogen and oxygen atoms in total. The molecule has 8 aromatic rings. The first-order valence-electron chi connectivity index (χ1n) is 45.3. The van der Waals surface area contributed by atoms with Crippen LogP contribution < -0.4 is 11.1 Å². The van der Waals surface area contributed by atoms with Gasteiger partial charge in [-0.25, -0.2) is 8.78 Å². The Morgan fingerprint density at radius 3 is 1.66 bits per heavy atom. The number of hydrogen-bond acceptors (Lipinski definition) is 10. The van der Waals surface area contributed by atoms with Crippen molar-refractivity contribution in [2.45, 2.75) is 133 Å². The van der Waals surface area contributed by atoms with Crippen LogP contribution in [0.3, 0.4) is 0 Å². The summed E-state index contributed by atoms with van der Waals surface area (Å²) in [5, 5.41) is -1.48. The van der Waals surface area contributed by atoms with E-state index in [0.717, 1.165) is 40.7 Å². The third-order valence-corrected chi connectivity index (χ3v) is 16.2. The molecule has 2 heterocycles. The Labute approximate surface area is 608 Å². The summed E-state index contributed by atoms with van der Waals surface area (Å²) >= 11 is 0.901. The van der Waals surface area contributed by atoms with E-state index in [1.807, 2.05) is 0 Å². The summed E-state index contributed by atoms with van der Waals surface area (Å²) in [4.78, 5) is 66.2. The lowest BCUT2D eigenvalue weighted by Crippen LogP contribution is -2.42. The summed E-state index contributed by atoms with van der Waals surface area (Å²) in [7, 11) is 0. The van der Waals surface area contributed by atoms with Crippen LogP contribution in [-0.2, 0) is 78.5 Å². The van der Waals surface area contributed by atoms with Gasteiger partial charge in [-0.3, -0.25) is 19.2 Å². The molecule has 508 valence electrons. The topological polar surface area (TPSA) is 117 Å². The Morgan fingerprint density at radius 2 is 1.09 bits per heavy atom. The van der Waals surface area contributed by atoms with Crippen molar-refractivity contribution in [1.29, 1.82) is 0 Å². The van der Waals surface area contributed by atoms with Gasteiger partial charge in [-0.05, 0) is 164 Å². The van der Waals surface area contributed by atoms with E-state index in [1.54, 1.807) is 13.8 Å². The first kappa shape index (κ1) is 40.7. The predicted octanol–water partition coefficient (Wildman–Crippen LogP) is 15.2. The van der Waals surface area contributed by atoms with Crippen molar-refractivity contribution in [1.82, 2.24) is 38.7 Å². The van der Waals surface area contributed by atoms with Crippen molar-refractivity contribution >= 4 is 35.3 Å². The highest BCUT2D eigenvalue weighted by Crippen LogP contribution is 2.35. The molecule has 96 heavy (non-hydrogen) atoms. The first-order chi connectivity index (χ1) is 58.5. The molecule has 2 unspecified atom stereocenters. The van der Waals surface area contributed by atoms with Gasteiger partial charge in [-0.1, -0.05) is 155 Å². The molecule has 0 radical (unpaired) electrons. The number of nitrogens with zero attached hydrogens (tertiary/aromatic N) is 8. The number of hydrogen-bond donors (Lipinski definition) is 0. The lowest BCUT2D eigenvalue weighted by molar-refractivity contribution is -0.138. The molecular formula is C74H80F8N8O4S2. The Hall–Kier alpha value is -7.92. The lowest BCUT2D eigenvalue weighted by Gasteiger charge is -2.33. The number of alkyl halides is 6. The van der Waals surface area contributed by atoms with Gasteiger partial charge in [-0.15, -0.1) is 0 Å². The maximum atomic E-state index is 15.4. The number of carbonyl (C=O) groups is 2. The molecule has 22 heteroatoms. The highest BCUT2D eigenvalue weighted by Gasteiger charge is 2.33. The molecule has 0 saturated carbocycles. The van der Waals surface area contributed by atoms with Gasteiger partial charge in [0.05, 0.1) is 48.7 Å². The SMILES string of the molecule is [2H]c1c([2H])c(C(F)(F)F)c([2H])c([2H])c1-c1c([2H])c([2H])c(C([2H])([2H])N(C(=O)C([2H])([2H])n2c(SCc3ccc(F)cc3)nc(=O)c3c2C([2H])([2H])C([2H])(C)C3([2H])[2H])C([2H])([2H])C([2H])([2H])N(CC)CC)c([2H])c1[2H].[2H]c1c([2H])c(CSc2nc(=O)c3c(n2C([2H])([2H])C(=O)N(C([2H])(C)c2ccc(-c4ccc(C(F)(F)F)cc4)cc2)C([2H])([2H])C([2H])([2H])N(CC)CC)CCC3)c([2H])c([2H])c1F. The van der Waals surface area contributed by atoms with E-state index in [9.17, 15) is 59.8 Å². The van der Waals surface area contributed by atoms with E-state index in [2.05, 4.69) is 9.97 Å². The zero-order valence-corrected chi connectivity index (χ0v) is 53.5. The lowest BCUT2D eigenvalue weighted by atomic mass is 9.99. The third-order valence-electron chi connectivity index (χ3n) is 14.2. The molecule has 2 aliphatic carbocycles. The maximum absolute atomic E-state index is 15.4. The second-order valence-corrected chi connectivity index (χ2v) is 22.5. The number of likely N-dealkylation sites (N-methyl/N-ethyl adjacent to an activating group) is 2. The Morgan fingerprint density at radius 1 is 0.594 bits per heavy atom. The fourth-order valence-electron chi connectivity index (χ4n) is 9.11. The van der Waals surface area contributed by atoms with Crippen LogP contribution in [0.5, 0.6) is 0 Å². The van der Waals surface area contributed by atoms with Crippen molar-refractivity contribution in [3.8, 4) is 22.3 Å². The minimum absolute atomic E-state index is 0.00403. The molecule has 2 amide bonds. The zero-order chi connectivity index (χ0) is 97.3. The molecule has 0 spiro atoms. The Kier molecular flexibility index (Phi) is 13.9. The molecule has 0 saturated heterocycles. The summed E-state index contributed by atoms with van der Waals surface area (Å²) in [6.07, 6.45) is -16.4. The van der Waals surface area contributed by atoms with Crippen molar-refractivity contribution in [2.24, 2.45) is 5.89 Å². The van der Waals surface area contributed by atoms with Crippen LogP contribution in [0, 0.1) is 17.5 Å². The largest absolute Gasteiger partial charge is 0.416 e. The van der Waals surface area contributed by atoms with E-state index >= 15 is 9.59 Å². The number of rotatable bonds is 26. The van der Waals surface area contributed by atoms with E-state index < -0.39 is 268 Å². The van der Waals surface area contributed by atoms with Gasteiger partial charge in [0.2, 0.25) is 11.8 Å². The second-order valence-electron chi connectivity index (χ2n) is 20.6. The molecule has 0 bridgehead atoms. The highest BCUT2D eigenvalue weighted by molar-refractivity contribution is 7.98. The molecule has 0 N–H and O–H groups in total. The summed E-state index contributed by atoms with van der Waals surface area (Å²) in [6, 6.07) is -4.69. The molecule has 0 fully saturated rings. The average Bonchev–Trinajstić information content (AvgIpc) is 1.53. The standard InChI is InChI=1S/2C37H40F4N4O2S/c1-4-43(5-2)18-19-44(22-26-6-10-28(11-7-26)29-12-14-30(15-13-29)37(39,40)41)34(46)23-45-33-21-25(3)20-32(33)35(47)42-36(45)48-24-27-8-16-31(38)17-9-27;1-4-43(5-2)21-22-44(25(3)27-11-13-28(14-12-27)29-15-17-30(18-16-29)37(39,40)41)34(46)23-45-33-8-6-7-32(33)35(47)42-36(45)48-24-26-9-19-31(38)20-10-26/h6-17,25H,4-5,18-24H2,1-3H3;9-20,25H,4-8,21-24H2,1-3H3/i6D,7D,10D,11D,12D,13D,14D,15D,18D2,19D2,20D2,21D2,22D2,23D2,25D;9D,10D,19D,20D,21D2,22D2,23D2,25D. The summed E-state index contributed by atoms with van der Waals surface area (Å²) in [5.41, 5.74) is -11.5. The van der Waals surface area contributed by atoms with Crippen LogP contribution >= 0.6 is 23.5 Å². The smallest absolute Gasteiger partial charge is 0.336 e. The normalized spacial score (nSPS) is 22.0. The second kappa shape index (κ2) is 32.9. The monoisotopic (exact) mass is 1390 g/mol. The number of fused-ring (bicyclic) bond motifs is 2. The van der Waals surface area contributed by atoms with Crippen LogP contribution in [-0.4, -0.2) is 103 Å². The highest BCUT2D eigenvalue weighted by atomic mass is 32.2. The van der Waals surface area contributed by atoms with E-state index in [1.165, 1.54) is 62.4 Å². The minimum Gasteiger partial charge on any atom is -0.336 e. The molecule has 10 rings (SSSR count). The first-order valence-corrected chi connectivity index (χ1v) is 31.3. The maximum Gasteiger partial charge on any atom is 0.416 e. The molecule has 2 aromatic heterocycles. The van der Waals surface area contributed by atoms with Crippen LogP contribution in [0.2, 0.25) is 0 Å². The summed E-state index contributed by atoms with van der Waals surface area (Å²) in [6.45, 7) is -20.0. The van der Waals surface area contributed by atoms with Gasteiger partial charge < -0.3 is 28.7 Å². The number of carbonyl (C=O) groups excluding carboxylic acids is 2. The Balaban J connectivity index is 0.000000292. The fraction of sp³-hybridized carbons (Fsp3) is 0.378. The van der Waals surface area contributed by atoms with Crippen LogP contribution in [0.4, 0.5) is 35.1 Å². The van der Waals surface area contributed by atoms with Crippen LogP contribution in [0.25, 0.3) is 22.3 Å². The van der Waals surface area contributed by atoms with Gasteiger partial charge in [0.1, 0.15) is 24.6 Å². The summed E-state index contributed by atoms with van der Waals surface area (Å²) < 4.78 is 393. The van der Waals surface area contributed by atoms with Gasteiger partial charge in [0.15, 0.2) is 10.3 Å². The van der Waals surface area contributed by atoms with E-state index in [4.69, 9.17) is 28.8 Å². The number of thioether (sulfide) groups is 2. The van der Waals surface area contributed by atoms with Crippen molar-refractivity contribution in [3.05, 3.63) is 234 Å². The minimum atomic E-state index is -5.47. The third kappa shape index (κ3) is 18.8. The zero-order valence-electron chi connectivity index (χ0n) is 83.8. The Bertz CT molecular complexity index is 5720. The van der Waals surface area contributed by atoms with Gasteiger partial charge in [0, 0.05) is 78.8 Å². The quantitative estimate of drug-likeness (QED) is 0.0295. The van der Waals surface area contributed by atoms with Crippen LogP contribution in [0.15, 0.2) is 165 Å². The van der Waals surface area contributed by atoms with E-state index in [-0.39, 0.29) is 63.3 Å². The molecule has 2 aliphatic rings. The predicted molar refractivity (Wildman–Crippen MR) is 362 cm³/mol. The van der Waals surface area contributed by atoms with Gasteiger partial charge in [0.25, 0.3) is 11.1 Å². The molecule has 2 atom stereocenters. The molecular weight excluding hydrogens is 1280 g/mol. The van der Waals surface area contributed by atoms with Gasteiger partial charge >= 0.3 is 12.4 Å². The molecule has 6 aromatic carbocycles. The van der Waals surface area contributed by atoms with E-state index in [0.29, 0.717) is 52.9 Å². The van der Waals surface area contributed by atoms with Crippen molar-refractivity contribution in [3.63, 3.8) is 0 Å². The number of amides is 2. The van der Waals surface area contributed by atoms with Crippen molar-refractivity contribution in [2.75, 3.05) is 52.2 Å². The average molecular weight is 1390 g/mol. The molecule has 0 aliphatic heterocycles.